The summed E-state index contributed by atoms with van der Waals surface area (Å²) in [5.41, 5.74) is 0.713. The first kappa shape index (κ1) is 14.6. The van der Waals surface area contributed by atoms with E-state index in [1.165, 1.54) is 7.05 Å². The van der Waals surface area contributed by atoms with Crippen LogP contribution in [0.25, 0.3) is 0 Å². The second kappa shape index (κ2) is 5.82. The number of carbonyl (C=O) groups excluding carboxylic acids is 1. The molecule has 0 bridgehead atoms. The molecule has 5 nitrogen and oxygen atoms in total. The van der Waals surface area contributed by atoms with Gasteiger partial charge in [0.25, 0.3) is 12.3 Å². The summed E-state index contributed by atoms with van der Waals surface area (Å²) in [4.78, 5) is 16.3. The minimum absolute atomic E-state index is 0.0116. The van der Waals surface area contributed by atoms with E-state index in [2.05, 4.69) is 15.4 Å². The Labute approximate surface area is 126 Å². The zero-order chi connectivity index (χ0) is 15.7. The van der Waals surface area contributed by atoms with Crippen LogP contribution in [-0.2, 0) is 7.05 Å². The van der Waals surface area contributed by atoms with Crippen LogP contribution in [-0.4, -0.2) is 20.7 Å². The number of hydrogen-bond donors (Lipinski definition) is 1. The van der Waals surface area contributed by atoms with Crippen molar-refractivity contribution >= 4 is 5.91 Å². The quantitative estimate of drug-likeness (QED) is 0.924. The molecule has 1 aliphatic carbocycles. The van der Waals surface area contributed by atoms with Crippen molar-refractivity contribution in [2.24, 2.45) is 13.0 Å². The van der Waals surface area contributed by atoms with Gasteiger partial charge in [0.05, 0.1) is 6.04 Å². The fourth-order valence-electron chi connectivity index (χ4n) is 2.49. The molecule has 1 atom stereocenters. The molecule has 1 aliphatic rings. The third-order valence-corrected chi connectivity index (χ3v) is 3.82. The first-order chi connectivity index (χ1) is 10.6. The highest BCUT2D eigenvalue weighted by atomic mass is 19.3. The standard InChI is InChI=1S/C15H16F2N4O/c1-21-12(14(16)17)8-11(20-21)15(22)19-13(9-2-3-9)10-4-6-18-7-5-10/h4-9,13-14H,2-3H2,1H3,(H,19,22). The predicted molar refractivity (Wildman–Crippen MR) is 75.3 cm³/mol. The SMILES string of the molecule is Cn1nc(C(=O)NC(c2ccncc2)C2CC2)cc1C(F)F. The van der Waals surface area contributed by atoms with Crippen LogP contribution >= 0.6 is 0 Å². The fraction of sp³-hybridized carbons (Fsp3) is 0.400. The Morgan fingerprint density at radius 1 is 1.36 bits per heavy atom. The molecule has 1 fully saturated rings. The average molecular weight is 306 g/mol. The molecule has 0 radical (unpaired) electrons. The van der Waals surface area contributed by atoms with Gasteiger partial charge in [-0.05, 0) is 42.5 Å². The van der Waals surface area contributed by atoms with E-state index < -0.39 is 12.3 Å². The number of carbonyl (C=O) groups is 1. The summed E-state index contributed by atoms with van der Waals surface area (Å²) in [7, 11) is 1.40. The third kappa shape index (κ3) is 2.98. The van der Waals surface area contributed by atoms with Crippen molar-refractivity contribution in [1.82, 2.24) is 20.1 Å². The Morgan fingerprint density at radius 2 is 2.05 bits per heavy atom. The molecule has 1 amide bonds. The number of pyridine rings is 1. The minimum atomic E-state index is -2.65. The number of rotatable bonds is 5. The maximum Gasteiger partial charge on any atom is 0.280 e. The van der Waals surface area contributed by atoms with E-state index in [9.17, 15) is 13.6 Å². The molecule has 7 heteroatoms. The van der Waals surface area contributed by atoms with E-state index in [0.717, 1.165) is 29.2 Å². The topological polar surface area (TPSA) is 59.8 Å². The van der Waals surface area contributed by atoms with Gasteiger partial charge in [-0.1, -0.05) is 0 Å². The van der Waals surface area contributed by atoms with Gasteiger partial charge < -0.3 is 5.32 Å². The summed E-state index contributed by atoms with van der Waals surface area (Å²) in [5, 5.41) is 6.77. The van der Waals surface area contributed by atoms with E-state index in [4.69, 9.17) is 0 Å². The molecular weight excluding hydrogens is 290 g/mol. The van der Waals surface area contributed by atoms with E-state index in [1.54, 1.807) is 12.4 Å². The third-order valence-electron chi connectivity index (χ3n) is 3.82. The van der Waals surface area contributed by atoms with E-state index >= 15 is 0 Å². The van der Waals surface area contributed by atoms with Crippen molar-refractivity contribution in [2.75, 3.05) is 0 Å². The molecule has 1 saturated carbocycles. The van der Waals surface area contributed by atoms with Gasteiger partial charge in [-0.15, -0.1) is 0 Å². The van der Waals surface area contributed by atoms with Crippen LogP contribution in [0.2, 0.25) is 0 Å². The van der Waals surface area contributed by atoms with Crippen LogP contribution in [0.4, 0.5) is 8.78 Å². The molecule has 0 spiro atoms. The molecule has 22 heavy (non-hydrogen) atoms. The Kier molecular flexibility index (Phi) is 3.87. The number of alkyl halides is 2. The normalized spacial score (nSPS) is 15.8. The monoisotopic (exact) mass is 306 g/mol. The minimum Gasteiger partial charge on any atom is -0.344 e. The van der Waals surface area contributed by atoms with Crippen molar-refractivity contribution < 1.29 is 13.6 Å². The molecular formula is C15H16F2N4O. The summed E-state index contributed by atoms with van der Waals surface area (Å²) >= 11 is 0. The van der Waals surface area contributed by atoms with E-state index in [1.807, 2.05) is 12.1 Å². The summed E-state index contributed by atoms with van der Waals surface area (Å²) in [6.45, 7) is 0. The molecule has 2 aromatic heterocycles. The van der Waals surface area contributed by atoms with Crippen LogP contribution in [0.15, 0.2) is 30.6 Å². The average Bonchev–Trinajstić information content (AvgIpc) is 3.26. The van der Waals surface area contributed by atoms with Crippen LogP contribution in [0.1, 0.15) is 47.1 Å². The Morgan fingerprint density at radius 3 is 2.59 bits per heavy atom. The first-order valence-electron chi connectivity index (χ1n) is 7.09. The van der Waals surface area contributed by atoms with Crippen molar-refractivity contribution in [1.29, 1.82) is 0 Å². The molecule has 3 rings (SSSR count). The lowest BCUT2D eigenvalue weighted by atomic mass is 10.0. The first-order valence-corrected chi connectivity index (χ1v) is 7.09. The maximum atomic E-state index is 12.8. The van der Waals surface area contributed by atoms with Crippen LogP contribution in [0, 0.1) is 5.92 Å². The number of nitrogens with zero attached hydrogens (tertiary/aromatic N) is 3. The van der Waals surface area contributed by atoms with E-state index in [-0.39, 0.29) is 17.4 Å². The Bertz CT molecular complexity index is 667. The lowest BCUT2D eigenvalue weighted by Crippen LogP contribution is -2.30. The van der Waals surface area contributed by atoms with Crippen molar-refractivity contribution in [2.45, 2.75) is 25.3 Å². The Balaban J connectivity index is 1.78. The maximum absolute atomic E-state index is 12.8. The lowest BCUT2D eigenvalue weighted by Gasteiger charge is -2.17. The van der Waals surface area contributed by atoms with Crippen LogP contribution < -0.4 is 5.32 Å². The van der Waals surface area contributed by atoms with Crippen molar-refractivity contribution in [3.05, 3.63) is 47.5 Å². The second-order valence-corrected chi connectivity index (χ2v) is 5.45. The summed E-state index contributed by atoms with van der Waals surface area (Å²) in [5.74, 6) is -0.0548. The van der Waals surface area contributed by atoms with Gasteiger partial charge >= 0.3 is 0 Å². The zero-order valence-electron chi connectivity index (χ0n) is 12.0. The van der Waals surface area contributed by atoms with Gasteiger partial charge in [0.2, 0.25) is 0 Å². The summed E-state index contributed by atoms with van der Waals surface area (Å²) in [6, 6.07) is 4.71. The molecule has 2 heterocycles. The number of hydrogen-bond acceptors (Lipinski definition) is 3. The highest BCUT2D eigenvalue weighted by molar-refractivity contribution is 5.92. The fourth-order valence-corrected chi connectivity index (χ4v) is 2.49. The summed E-state index contributed by atoms with van der Waals surface area (Å²) < 4.78 is 26.6. The van der Waals surface area contributed by atoms with Crippen LogP contribution in [0.3, 0.4) is 0 Å². The van der Waals surface area contributed by atoms with Gasteiger partial charge in [-0.3, -0.25) is 14.5 Å². The lowest BCUT2D eigenvalue weighted by molar-refractivity contribution is 0.0926. The molecule has 1 N–H and O–H groups in total. The van der Waals surface area contributed by atoms with Crippen molar-refractivity contribution in [3.63, 3.8) is 0 Å². The number of halogens is 2. The van der Waals surface area contributed by atoms with Gasteiger partial charge in [0.1, 0.15) is 5.69 Å². The smallest absolute Gasteiger partial charge is 0.280 e. The van der Waals surface area contributed by atoms with Crippen molar-refractivity contribution in [3.8, 4) is 0 Å². The number of aryl methyl sites for hydroxylation is 1. The predicted octanol–water partition coefficient (Wildman–Crippen LogP) is 2.63. The molecule has 2 aromatic rings. The van der Waals surface area contributed by atoms with Gasteiger partial charge in [-0.2, -0.15) is 5.10 Å². The number of aromatic nitrogens is 3. The number of amides is 1. The van der Waals surface area contributed by atoms with Gasteiger partial charge in [-0.25, -0.2) is 8.78 Å². The zero-order valence-corrected chi connectivity index (χ0v) is 12.0. The van der Waals surface area contributed by atoms with Gasteiger partial charge in [0.15, 0.2) is 5.69 Å². The molecule has 0 saturated heterocycles. The summed E-state index contributed by atoms with van der Waals surface area (Å²) in [6.07, 6.45) is 2.77. The van der Waals surface area contributed by atoms with Gasteiger partial charge in [0, 0.05) is 19.4 Å². The molecule has 0 aromatic carbocycles. The second-order valence-electron chi connectivity index (χ2n) is 5.45. The Hall–Kier alpha value is -2.31. The highest BCUT2D eigenvalue weighted by Crippen LogP contribution is 2.41. The number of nitrogens with one attached hydrogen (secondary N) is 1. The molecule has 1 unspecified atom stereocenters. The largest absolute Gasteiger partial charge is 0.344 e. The molecule has 0 aliphatic heterocycles. The van der Waals surface area contributed by atoms with Crippen LogP contribution in [0.5, 0.6) is 0 Å². The molecule has 116 valence electrons. The highest BCUT2D eigenvalue weighted by Gasteiger charge is 2.34. The van der Waals surface area contributed by atoms with E-state index in [0.29, 0.717) is 5.92 Å².